The van der Waals surface area contributed by atoms with E-state index in [4.69, 9.17) is 21.7 Å². The Hall–Kier alpha value is -1.53. The van der Waals surface area contributed by atoms with Crippen LogP contribution in [0.4, 0.5) is 5.69 Å². The van der Waals surface area contributed by atoms with Gasteiger partial charge in [0.15, 0.2) is 16.6 Å². The lowest BCUT2D eigenvalue weighted by atomic mass is 9.99. The van der Waals surface area contributed by atoms with Crippen LogP contribution in [0.3, 0.4) is 0 Å². The van der Waals surface area contributed by atoms with E-state index in [0.717, 1.165) is 29.6 Å². The number of nitrogens with one attached hydrogen (secondary N) is 2. The van der Waals surface area contributed by atoms with Crippen molar-refractivity contribution in [3.63, 3.8) is 0 Å². The van der Waals surface area contributed by atoms with Gasteiger partial charge >= 0.3 is 0 Å². The van der Waals surface area contributed by atoms with Crippen molar-refractivity contribution in [1.82, 2.24) is 10.2 Å². The van der Waals surface area contributed by atoms with Crippen molar-refractivity contribution >= 4 is 23.0 Å². The van der Waals surface area contributed by atoms with Crippen molar-refractivity contribution in [1.29, 1.82) is 0 Å². The molecule has 3 rings (SSSR count). The van der Waals surface area contributed by atoms with Crippen LogP contribution in [-0.2, 0) is 0 Å². The molecule has 0 radical (unpaired) electrons. The van der Waals surface area contributed by atoms with E-state index < -0.39 is 0 Å². The number of piperidine rings is 1. The lowest BCUT2D eigenvalue weighted by Crippen LogP contribution is -2.45. The molecule has 1 unspecified atom stereocenters. The molecule has 132 valence electrons. The van der Waals surface area contributed by atoms with Crippen LogP contribution < -0.4 is 20.1 Å². The smallest absolute Gasteiger partial charge is 0.171 e. The third kappa shape index (κ3) is 4.74. The summed E-state index contributed by atoms with van der Waals surface area (Å²) in [5.74, 6) is 2.42. The van der Waals surface area contributed by atoms with E-state index in [1.165, 1.54) is 25.9 Å². The van der Waals surface area contributed by atoms with E-state index in [2.05, 4.69) is 29.4 Å². The molecule has 1 fully saturated rings. The molecule has 6 heteroatoms. The molecule has 0 aromatic heterocycles. The van der Waals surface area contributed by atoms with E-state index in [-0.39, 0.29) is 0 Å². The summed E-state index contributed by atoms with van der Waals surface area (Å²) < 4.78 is 11.1. The summed E-state index contributed by atoms with van der Waals surface area (Å²) in [4.78, 5) is 2.52. The first-order chi connectivity index (χ1) is 11.6. The molecule has 2 aliphatic rings. The average molecular weight is 350 g/mol. The molecular weight excluding hydrogens is 322 g/mol. The van der Waals surface area contributed by atoms with E-state index in [9.17, 15) is 0 Å². The van der Waals surface area contributed by atoms with Gasteiger partial charge in [0.2, 0.25) is 0 Å². The van der Waals surface area contributed by atoms with Crippen molar-refractivity contribution in [3.8, 4) is 11.5 Å². The first-order valence-corrected chi connectivity index (χ1v) is 9.20. The second-order valence-electron chi connectivity index (χ2n) is 6.84. The Kier molecular flexibility index (Phi) is 5.79. The van der Waals surface area contributed by atoms with Gasteiger partial charge in [0, 0.05) is 24.3 Å². The zero-order valence-corrected chi connectivity index (χ0v) is 15.3. The van der Waals surface area contributed by atoms with Gasteiger partial charge in [-0.25, -0.2) is 0 Å². The van der Waals surface area contributed by atoms with Gasteiger partial charge in [0.25, 0.3) is 0 Å². The molecule has 2 N–H and O–H groups in total. The number of anilines is 1. The van der Waals surface area contributed by atoms with Gasteiger partial charge in [-0.2, -0.15) is 0 Å². The molecule has 0 aliphatic carbocycles. The summed E-state index contributed by atoms with van der Waals surface area (Å²) in [7, 11) is 0. The van der Waals surface area contributed by atoms with Gasteiger partial charge in [0.05, 0.1) is 0 Å². The highest BCUT2D eigenvalue weighted by Crippen LogP contribution is 2.32. The van der Waals surface area contributed by atoms with Gasteiger partial charge in [-0.1, -0.05) is 6.92 Å². The maximum Gasteiger partial charge on any atom is 0.171 e. The number of hydrogen-bond acceptors (Lipinski definition) is 4. The summed E-state index contributed by atoms with van der Waals surface area (Å²) in [6.07, 6.45) is 2.60. The Morgan fingerprint density at radius 3 is 2.71 bits per heavy atom. The van der Waals surface area contributed by atoms with Crippen LogP contribution in [0.2, 0.25) is 0 Å². The number of thiocarbonyl (C=S) groups is 1. The quantitative estimate of drug-likeness (QED) is 0.815. The zero-order valence-electron chi connectivity index (χ0n) is 14.5. The van der Waals surface area contributed by atoms with E-state index in [1.807, 2.05) is 18.2 Å². The Morgan fingerprint density at radius 1 is 1.25 bits per heavy atom. The Bertz CT molecular complexity index is 573. The van der Waals surface area contributed by atoms with Gasteiger partial charge in [0.1, 0.15) is 13.2 Å². The number of likely N-dealkylation sites (tertiary alicyclic amines) is 1. The monoisotopic (exact) mass is 349 g/mol. The summed E-state index contributed by atoms with van der Waals surface area (Å²) in [5, 5.41) is 7.25. The molecule has 2 aliphatic heterocycles. The molecule has 0 saturated carbocycles. The second kappa shape index (κ2) is 8.03. The molecule has 0 amide bonds. The molecule has 1 saturated heterocycles. The molecule has 1 aromatic rings. The molecule has 0 bridgehead atoms. The van der Waals surface area contributed by atoms with Gasteiger partial charge in [-0.05, 0) is 63.1 Å². The highest BCUT2D eigenvalue weighted by Gasteiger charge is 2.18. The third-order valence-corrected chi connectivity index (χ3v) is 4.81. The zero-order chi connectivity index (χ0) is 16.9. The number of hydrogen-bond donors (Lipinski definition) is 2. The molecule has 2 heterocycles. The highest BCUT2D eigenvalue weighted by atomic mass is 32.1. The van der Waals surface area contributed by atoms with Crippen molar-refractivity contribution < 1.29 is 9.47 Å². The summed E-state index contributed by atoms with van der Waals surface area (Å²) in [5.41, 5.74) is 0.913. The lowest BCUT2D eigenvalue weighted by Gasteiger charge is -2.32. The van der Waals surface area contributed by atoms with E-state index in [1.54, 1.807) is 0 Å². The molecule has 0 spiro atoms. The van der Waals surface area contributed by atoms with Crippen LogP contribution in [0.1, 0.15) is 26.7 Å². The average Bonchev–Trinajstić information content (AvgIpc) is 2.56. The van der Waals surface area contributed by atoms with Gasteiger partial charge in [-0.3, -0.25) is 0 Å². The van der Waals surface area contributed by atoms with Crippen molar-refractivity contribution in [3.05, 3.63) is 18.2 Å². The molecule has 5 nitrogen and oxygen atoms in total. The standard InChI is InChI=1S/C18H27N3O2S/c1-13-5-7-21(8-6-13)12-14(2)19-18(24)20-15-3-4-16-17(11-15)23-10-9-22-16/h3-4,11,13-14H,5-10,12H2,1-2H3,(H2,19,20,24). The fourth-order valence-electron chi connectivity index (χ4n) is 3.19. The Morgan fingerprint density at radius 2 is 1.96 bits per heavy atom. The minimum atomic E-state index is 0.315. The Balaban J connectivity index is 1.46. The minimum Gasteiger partial charge on any atom is -0.486 e. The van der Waals surface area contributed by atoms with Crippen LogP contribution in [0.5, 0.6) is 11.5 Å². The van der Waals surface area contributed by atoms with E-state index >= 15 is 0 Å². The first-order valence-electron chi connectivity index (χ1n) is 8.79. The van der Waals surface area contributed by atoms with Gasteiger partial charge in [-0.15, -0.1) is 0 Å². The van der Waals surface area contributed by atoms with Crippen molar-refractivity contribution in [2.75, 3.05) is 38.2 Å². The van der Waals surface area contributed by atoms with Crippen LogP contribution in [0, 0.1) is 5.92 Å². The predicted octanol–water partition coefficient (Wildman–Crippen LogP) is 2.86. The summed E-state index contributed by atoms with van der Waals surface area (Å²) in [6, 6.07) is 6.12. The second-order valence-corrected chi connectivity index (χ2v) is 7.25. The number of benzene rings is 1. The molecule has 1 aromatic carbocycles. The number of fused-ring (bicyclic) bond motifs is 1. The van der Waals surface area contributed by atoms with Crippen LogP contribution in [-0.4, -0.2) is 48.9 Å². The molecule has 1 atom stereocenters. The maximum absolute atomic E-state index is 5.60. The van der Waals surface area contributed by atoms with Crippen LogP contribution >= 0.6 is 12.2 Å². The largest absolute Gasteiger partial charge is 0.486 e. The number of rotatable bonds is 4. The van der Waals surface area contributed by atoms with E-state index in [0.29, 0.717) is 24.4 Å². The molecule has 24 heavy (non-hydrogen) atoms. The third-order valence-electron chi connectivity index (χ3n) is 4.59. The summed E-state index contributed by atoms with van der Waals surface area (Å²) in [6.45, 7) is 9.11. The van der Waals surface area contributed by atoms with Crippen LogP contribution in [0.15, 0.2) is 18.2 Å². The SMILES string of the molecule is CC1CCN(CC(C)NC(=S)Nc2ccc3c(c2)OCCO3)CC1. The maximum atomic E-state index is 5.60. The number of ether oxygens (including phenoxy) is 2. The predicted molar refractivity (Wildman–Crippen MR) is 101 cm³/mol. The first kappa shape index (κ1) is 17.3. The fraction of sp³-hybridized carbons (Fsp3) is 0.611. The van der Waals surface area contributed by atoms with Gasteiger partial charge < -0.3 is 25.0 Å². The summed E-state index contributed by atoms with van der Waals surface area (Å²) >= 11 is 5.44. The highest BCUT2D eigenvalue weighted by molar-refractivity contribution is 7.80. The number of nitrogens with zero attached hydrogens (tertiary/aromatic N) is 1. The topological polar surface area (TPSA) is 45.8 Å². The lowest BCUT2D eigenvalue weighted by molar-refractivity contribution is 0.171. The molecular formula is C18H27N3O2S. The normalized spacial score (nSPS) is 19.6. The van der Waals surface area contributed by atoms with Crippen molar-refractivity contribution in [2.45, 2.75) is 32.7 Å². The van der Waals surface area contributed by atoms with Crippen LogP contribution in [0.25, 0.3) is 0 Å². The Labute approximate surface area is 149 Å². The minimum absolute atomic E-state index is 0.315. The van der Waals surface area contributed by atoms with Crippen molar-refractivity contribution in [2.24, 2.45) is 5.92 Å². The fourth-order valence-corrected chi connectivity index (χ4v) is 3.51.